The second kappa shape index (κ2) is 10.1. The summed E-state index contributed by atoms with van der Waals surface area (Å²) in [6, 6.07) is 9.65. The van der Waals surface area contributed by atoms with Crippen molar-refractivity contribution in [3.63, 3.8) is 0 Å². The molecule has 1 fully saturated rings. The summed E-state index contributed by atoms with van der Waals surface area (Å²) in [7, 11) is 0. The predicted molar refractivity (Wildman–Crippen MR) is 140 cm³/mol. The van der Waals surface area contributed by atoms with Gasteiger partial charge in [0.2, 0.25) is 0 Å². The van der Waals surface area contributed by atoms with E-state index in [4.69, 9.17) is 9.40 Å². The lowest BCUT2D eigenvalue weighted by Gasteiger charge is -2.25. The molecule has 1 amide bonds. The molecule has 37 heavy (non-hydrogen) atoms. The van der Waals surface area contributed by atoms with E-state index in [-0.39, 0.29) is 12.2 Å². The lowest BCUT2D eigenvalue weighted by molar-refractivity contribution is -0.139. The number of hydrogen-bond donors (Lipinski definition) is 3. The average Bonchev–Trinajstić information content (AvgIpc) is 3.53. The summed E-state index contributed by atoms with van der Waals surface area (Å²) in [5.41, 5.74) is 5.22. The topological polar surface area (TPSA) is 118 Å². The fourth-order valence-electron chi connectivity index (χ4n) is 5.48. The van der Waals surface area contributed by atoms with E-state index in [0.717, 1.165) is 46.4 Å². The summed E-state index contributed by atoms with van der Waals surface area (Å²) < 4.78 is 7.58. The maximum absolute atomic E-state index is 13.2. The van der Waals surface area contributed by atoms with Gasteiger partial charge in [-0.25, -0.2) is 9.78 Å². The zero-order chi connectivity index (χ0) is 26.1. The minimum Gasteiger partial charge on any atom is -0.508 e. The number of nitrogens with one attached hydrogen (secondary N) is 1. The number of carbonyl (C=O) groups excluding carboxylic acids is 1. The van der Waals surface area contributed by atoms with Crippen molar-refractivity contribution in [3.8, 4) is 17.1 Å². The molecule has 5 rings (SSSR count). The molecule has 2 aromatic heterocycles. The van der Waals surface area contributed by atoms with E-state index >= 15 is 0 Å². The number of amides is 1. The van der Waals surface area contributed by atoms with Crippen LogP contribution in [0.25, 0.3) is 22.4 Å². The molecule has 0 radical (unpaired) electrons. The van der Waals surface area contributed by atoms with Crippen LogP contribution in [0.3, 0.4) is 0 Å². The Morgan fingerprint density at radius 2 is 1.84 bits per heavy atom. The summed E-state index contributed by atoms with van der Waals surface area (Å²) in [5, 5.41) is 22.3. The number of fused-ring (bicyclic) bond motifs is 1. The Kier molecular flexibility index (Phi) is 6.74. The van der Waals surface area contributed by atoms with Crippen molar-refractivity contribution in [1.29, 1.82) is 0 Å². The van der Waals surface area contributed by atoms with Crippen LogP contribution in [0.15, 0.2) is 53.3 Å². The lowest BCUT2D eigenvalue weighted by Crippen LogP contribution is -2.42. The van der Waals surface area contributed by atoms with Gasteiger partial charge < -0.3 is 24.5 Å². The van der Waals surface area contributed by atoms with E-state index in [1.807, 2.05) is 26.0 Å². The molecule has 0 spiro atoms. The molecular formula is C29H31N3O5. The number of imidazole rings is 1. The molecule has 1 atom stereocenters. The monoisotopic (exact) mass is 501 g/mol. The molecule has 8 nitrogen and oxygen atoms in total. The molecule has 2 aromatic carbocycles. The minimum absolute atomic E-state index is 0.113. The number of benzene rings is 2. The molecule has 192 valence electrons. The molecule has 0 aliphatic heterocycles. The summed E-state index contributed by atoms with van der Waals surface area (Å²) in [6.07, 6.45) is 9.16. The van der Waals surface area contributed by atoms with Crippen molar-refractivity contribution in [3.05, 3.63) is 71.2 Å². The van der Waals surface area contributed by atoms with Crippen molar-refractivity contribution in [2.75, 3.05) is 0 Å². The molecule has 1 unspecified atom stereocenters. The van der Waals surface area contributed by atoms with Gasteiger partial charge in [-0.3, -0.25) is 4.79 Å². The first-order chi connectivity index (χ1) is 17.8. The number of nitrogens with zero attached hydrogens (tertiary/aromatic N) is 2. The zero-order valence-corrected chi connectivity index (χ0v) is 21.0. The van der Waals surface area contributed by atoms with Crippen LogP contribution >= 0.6 is 0 Å². The molecule has 8 heteroatoms. The molecular weight excluding hydrogens is 470 g/mol. The van der Waals surface area contributed by atoms with Crippen molar-refractivity contribution >= 4 is 22.9 Å². The number of carbonyl (C=O) groups is 2. The highest BCUT2D eigenvalue weighted by atomic mass is 16.4. The summed E-state index contributed by atoms with van der Waals surface area (Å²) in [4.78, 5) is 30.1. The van der Waals surface area contributed by atoms with Gasteiger partial charge >= 0.3 is 5.97 Å². The van der Waals surface area contributed by atoms with E-state index in [1.54, 1.807) is 36.8 Å². The standard InChI is InChI=1S/C29H31N3O5/c1-17-12-22(33)13-18(2)23(17)15-25(29(35)36)31-28(34)19-8-9-26-24(14-19)30-27(20-10-11-37-16-20)32(26)21-6-4-3-5-7-21/h8-14,16,21,25,33H,3-7,15H2,1-2H3,(H,31,34)(H,35,36). The molecule has 1 aliphatic carbocycles. The number of phenolic OH excluding ortho intramolecular Hbond substituents is 1. The van der Waals surface area contributed by atoms with E-state index in [9.17, 15) is 19.8 Å². The Hall–Kier alpha value is -4.07. The SMILES string of the molecule is Cc1cc(O)cc(C)c1CC(NC(=O)c1ccc2c(c1)nc(-c1ccoc1)n2C1CCCCC1)C(=O)O. The molecule has 1 aliphatic rings. The predicted octanol–water partition coefficient (Wildman–Crippen LogP) is 5.55. The Bertz CT molecular complexity index is 1420. The summed E-state index contributed by atoms with van der Waals surface area (Å²) >= 11 is 0. The van der Waals surface area contributed by atoms with Gasteiger partial charge in [-0.05, 0) is 79.8 Å². The highest BCUT2D eigenvalue weighted by molar-refractivity contribution is 5.99. The smallest absolute Gasteiger partial charge is 0.326 e. The van der Waals surface area contributed by atoms with Gasteiger partial charge in [-0.2, -0.15) is 0 Å². The van der Waals surface area contributed by atoms with Crippen molar-refractivity contribution < 1.29 is 24.2 Å². The van der Waals surface area contributed by atoms with Crippen LogP contribution in [0.4, 0.5) is 0 Å². The molecule has 4 aromatic rings. The van der Waals surface area contributed by atoms with Crippen LogP contribution in [0.5, 0.6) is 5.75 Å². The Morgan fingerprint density at radius 3 is 2.49 bits per heavy atom. The number of rotatable bonds is 7. The third-order valence-electron chi connectivity index (χ3n) is 7.36. The van der Waals surface area contributed by atoms with Gasteiger partial charge in [0, 0.05) is 18.0 Å². The Balaban J connectivity index is 1.45. The van der Waals surface area contributed by atoms with Crippen LogP contribution in [0.2, 0.25) is 0 Å². The molecule has 1 saturated carbocycles. The maximum Gasteiger partial charge on any atom is 0.326 e. The molecule has 2 heterocycles. The molecule has 0 saturated heterocycles. The van der Waals surface area contributed by atoms with Crippen molar-refractivity contribution in [1.82, 2.24) is 14.9 Å². The quantitative estimate of drug-likeness (QED) is 0.306. The number of furan rings is 1. The first kappa shape index (κ1) is 24.6. The zero-order valence-electron chi connectivity index (χ0n) is 21.0. The lowest BCUT2D eigenvalue weighted by atomic mass is 9.95. The number of carboxylic acid groups (broad SMARTS) is 1. The van der Waals surface area contributed by atoms with Gasteiger partial charge in [0.1, 0.15) is 23.9 Å². The van der Waals surface area contributed by atoms with Gasteiger partial charge in [0.15, 0.2) is 0 Å². The van der Waals surface area contributed by atoms with Crippen LogP contribution < -0.4 is 5.32 Å². The van der Waals surface area contributed by atoms with Gasteiger partial charge in [-0.15, -0.1) is 0 Å². The first-order valence-electron chi connectivity index (χ1n) is 12.7. The maximum atomic E-state index is 13.2. The summed E-state index contributed by atoms with van der Waals surface area (Å²) in [6.45, 7) is 3.63. The van der Waals surface area contributed by atoms with Gasteiger partial charge in [0.25, 0.3) is 5.91 Å². The largest absolute Gasteiger partial charge is 0.508 e. The summed E-state index contributed by atoms with van der Waals surface area (Å²) in [5.74, 6) is -0.647. The first-order valence-corrected chi connectivity index (χ1v) is 12.7. The third kappa shape index (κ3) is 4.96. The van der Waals surface area contributed by atoms with Crippen molar-refractivity contribution in [2.24, 2.45) is 0 Å². The number of hydrogen-bond acceptors (Lipinski definition) is 5. The van der Waals surface area contributed by atoms with Crippen LogP contribution in [0, 0.1) is 13.8 Å². The van der Waals surface area contributed by atoms with E-state index < -0.39 is 17.9 Å². The molecule has 3 N–H and O–H groups in total. The van der Waals surface area contributed by atoms with E-state index in [2.05, 4.69) is 9.88 Å². The normalized spacial score (nSPS) is 15.1. The Morgan fingerprint density at radius 1 is 1.11 bits per heavy atom. The highest BCUT2D eigenvalue weighted by Crippen LogP contribution is 2.36. The number of aliphatic carboxylic acids is 1. The second-order valence-corrected chi connectivity index (χ2v) is 9.94. The third-order valence-corrected chi connectivity index (χ3v) is 7.36. The van der Waals surface area contributed by atoms with E-state index in [0.29, 0.717) is 17.1 Å². The van der Waals surface area contributed by atoms with E-state index in [1.165, 1.54) is 19.3 Å². The minimum atomic E-state index is -1.12. The number of phenols is 1. The number of aryl methyl sites for hydroxylation is 2. The fraction of sp³-hybridized carbons (Fsp3) is 0.345. The highest BCUT2D eigenvalue weighted by Gasteiger charge is 2.26. The number of carboxylic acids is 1. The van der Waals surface area contributed by atoms with Crippen LogP contribution in [0.1, 0.15) is 65.2 Å². The fourth-order valence-corrected chi connectivity index (χ4v) is 5.48. The Labute approximate surface area is 214 Å². The van der Waals surface area contributed by atoms with Gasteiger partial charge in [0.05, 0.1) is 22.9 Å². The van der Waals surface area contributed by atoms with Crippen LogP contribution in [-0.2, 0) is 11.2 Å². The number of aromatic hydroxyl groups is 1. The average molecular weight is 502 g/mol. The van der Waals surface area contributed by atoms with Gasteiger partial charge in [-0.1, -0.05) is 19.3 Å². The molecule has 0 bridgehead atoms. The second-order valence-electron chi connectivity index (χ2n) is 9.94. The number of aromatic nitrogens is 2. The van der Waals surface area contributed by atoms with Crippen LogP contribution in [-0.4, -0.2) is 37.7 Å². The van der Waals surface area contributed by atoms with Crippen molar-refractivity contribution in [2.45, 2.75) is 64.5 Å².